The molecule has 0 bridgehead atoms. The van der Waals surface area contributed by atoms with Gasteiger partial charge < -0.3 is 14.2 Å². The summed E-state index contributed by atoms with van der Waals surface area (Å²) < 4.78 is 10.8. The van der Waals surface area contributed by atoms with E-state index in [1.165, 1.54) is 0 Å². The fraction of sp³-hybridized carbons (Fsp3) is 0.444. The van der Waals surface area contributed by atoms with Gasteiger partial charge in [0.25, 0.3) is 5.91 Å². The molecular weight excluding hydrogens is 328 g/mol. The van der Waals surface area contributed by atoms with Gasteiger partial charge in [-0.15, -0.1) is 0 Å². The quantitative estimate of drug-likeness (QED) is 0.822. The van der Waals surface area contributed by atoms with Gasteiger partial charge in [-0.3, -0.25) is 4.79 Å². The monoisotopic (exact) mass is 348 g/mol. The number of ether oxygens (including phenoxy) is 1. The minimum Gasteiger partial charge on any atom is -0.381 e. The van der Waals surface area contributed by atoms with Crippen LogP contribution in [-0.2, 0) is 4.74 Å². The number of carbonyl (C=O) groups excluding carboxylic acids is 1. The van der Waals surface area contributed by atoms with Gasteiger partial charge in [-0.05, 0) is 49.9 Å². The topological polar surface area (TPSA) is 55.6 Å². The SMILES string of the molecule is CCOCC1CCCN(C(=O)c2cc(-c3ccc(Cl)cc3)on2)C1. The minimum atomic E-state index is -0.0832. The van der Waals surface area contributed by atoms with Crippen molar-refractivity contribution >= 4 is 17.5 Å². The first kappa shape index (κ1) is 17.0. The van der Waals surface area contributed by atoms with Crippen LogP contribution in [0.15, 0.2) is 34.9 Å². The number of rotatable bonds is 5. The molecule has 0 radical (unpaired) electrons. The first-order chi connectivity index (χ1) is 11.7. The second kappa shape index (κ2) is 7.81. The molecule has 2 aromatic rings. The lowest BCUT2D eigenvalue weighted by Crippen LogP contribution is -2.41. The fourth-order valence-corrected chi connectivity index (χ4v) is 3.08. The normalized spacial score (nSPS) is 17.9. The molecular formula is C18H21ClN2O3. The summed E-state index contributed by atoms with van der Waals surface area (Å²) in [6, 6.07) is 8.94. The van der Waals surface area contributed by atoms with Gasteiger partial charge >= 0.3 is 0 Å². The number of piperidine rings is 1. The van der Waals surface area contributed by atoms with Crippen molar-refractivity contribution in [2.75, 3.05) is 26.3 Å². The van der Waals surface area contributed by atoms with Gasteiger partial charge in [0, 0.05) is 36.3 Å². The van der Waals surface area contributed by atoms with E-state index >= 15 is 0 Å². The number of likely N-dealkylation sites (tertiary alicyclic amines) is 1. The van der Waals surface area contributed by atoms with E-state index in [-0.39, 0.29) is 5.91 Å². The number of nitrogens with zero attached hydrogens (tertiary/aromatic N) is 2. The number of benzene rings is 1. The van der Waals surface area contributed by atoms with Crippen molar-refractivity contribution < 1.29 is 14.1 Å². The second-order valence-corrected chi connectivity index (χ2v) is 6.44. The zero-order chi connectivity index (χ0) is 16.9. The Morgan fingerprint density at radius 2 is 2.21 bits per heavy atom. The Labute approximate surface area is 146 Å². The van der Waals surface area contributed by atoms with E-state index < -0.39 is 0 Å². The van der Waals surface area contributed by atoms with Crippen molar-refractivity contribution in [3.63, 3.8) is 0 Å². The molecule has 0 aliphatic carbocycles. The third kappa shape index (κ3) is 3.97. The Bertz CT molecular complexity index is 684. The molecule has 1 saturated heterocycles. The highest BCUT2D eigenvalue weighted by atomic mass is 35.5. The van der Waals surface area contributed by atoms with Crippen LogP contribution in [0.3, 0.4) is 0 Å². The molecule has 0 saturated carbocycles. The molecule has 24 heavy (non-hydrogen) atoms. The maximum Gasteiger partial charge on any atom is 0.276 e. The highest BCUT2D eigenvalue weighted by molar-refractivity contribution is 6.30. The van der Waals surface area contributed by atoms with Crippen molar-refractivity contribution in [2.45, 2.75) is 19.8 Å². The summed E-state index contributed by atoms with van der Waals surface area (Å²) in [6.07, 6.45) is 2.09. The van der Waals surface area contributed by atoms with Crippen molar-refractivity contribution in [3.05, 3.63) is 41.0 Å². The van der Waals surface area contributed by atoms with Gasteiger partial charge in [0.1, 0.15) is 0 Å². The molecule has 1 atom stereocenters. The Kier molecular flexibility index (Phi) is 5.53. The molecule has 2 heterocycles. The molecule has 1 aromatic heterocycles. The third-order valence-electron chi connectivity index (χ3n) is 4.22. The molecule has 1 aliphatic heterocycles. The lowest BCUT2D eigenvalue weighted by Gasteiger charge is -2.32. The van der Waals surface area contributed by atoms with E-state index in [2.05, 4.69) is 5.16 Å². The molecule has 1 aliphatic rings. The number of amides is 1. The van der Waals surface area contributed by atoms with Crippen LogP contribution in [-0.4, -0.2) is 42.3 Å². The van der Waals surface area contributed by atoms with Gasteiger partial charge in [-0.25, -0.2) is 0 Å². The van der Waals surface area contributed by atoms with E-state index in [4.69, 9.17) is 20.9 Å². The van der Waals surface area contributed by atoms with Crippen LogP contribution in [0.2, 0.25) is 5.02 Å². The molecule has 0 spiro atoms. The molecule has 6 heteroatoms. The number of hydrogen-bond acceptors (Lipinski definition) is 4. The molecule has 128 valence electrons. The van der Waals surface area contributed by atoms with Gasteiger partial charge in [0.15, 0.2) is 11.5 Å². The van der Waals surface area contributed by atoms with Crippen molar-refractivity contribution in [1.29, 1.82) is 0 Å². The van der Waals surface area contributed by atoms with Crippen LogP contribution in [0.4, 0.5) is 0 Å². The standard InChI is InChI=1S/C18H21ClN2O3/c1-2-23-12-13-4-3-9-21(11-13)18(22)16-10-17(24-20-16)14-5-7-15(19)8-6-14/h5-8,10,13H,2-4,9,11-12H2,1H3. The maximum atomic E-state index is 12.7. The number of carbonyl (C=O) groups is 1. The fourth-order valence-electron chi connectivity index (χ4n) is 2.96. The van der Waals surface area contributed by atoms with Crippen molar-refractivity contribution in [2.24, 2.45) is 5.92 Å². The Morgan fingerprint density at radius 3 is 2.96 bits per heavy atom. The molecule has 1 amide bonds. The van der Waals surface area contributed by atoms with Crippen LogP contribution in [0.5, 0.6) is 0 Å². The van der Waals surface area contributed by atoms with Crippen molar-refractivity contribution in [3.8, 4) is 11.3 Å². The number of aromatic nitrogens is 1. The second-order valence-electron chi connectivity index (χ2n) is 6.00. The van der Waals surface area contributed by atoms with Gasteiger partial charge in [-0.2, -0.15) is 0 Å². The Hall–Kier alpha value is -1.85. The first-order valence-corrected chi connectivity index (χ1v) is 8.65. The number of halogens is 1. The molecule has 1 aromatic carbocycles. The van der Waals surface area contributed by atoms with E-state index in [9.17, 15) is 4.79 Å². The summed E-state index contributed by atoms with van der Waals surface area (Å²) >= 11 is 5.89. The average molecular weight is 349 g/mol. The summed E-state index contributed by atoms with van der Waals surface area (Å²) in [6.45, 7) is 4.86. The highest BCUT2D eigenvalue weighted by Crippen LogP contribution is 2.24. The van der Waals surface area contributed by atoms with Crippen molar-refractivity contribution in [1.82, 2.24) is 10.1 Å². The molecule has 0 N–H and O–H groups in total. The zero-order valence-electron chi connectivity index (χ0n) is 13.7. The minimum absolute atomic E-state index is 0.0832. The Balaban J connectivity index is 1.68. The third-order valence-corrected chi connectivity index (χ3v) is 4.47. The lowest BCUT2D eigenvalue weighted by atomic mass is 9.98. The summed E-state index contributed by atoms with van der Waals surface area (Å²) in [5, 5.41) is 4.60. The first-order valence-electron chi connectivity index (χ1n) is 8.27. The summed E-state index contributed by atoms with van der Waals surface area (Å²) in [5.41, 5.74) is 1.19. The predicted molar refractivity (Wildman–Crippen MR) is 92.1 cm³/mol. The Morgan fingerprint density at radius 1 is 1.42 bits per heavy atom. The van der Waals surface area contributed by atoms with E-state index in [1.807, 2.05) is 24.0 Å². The smallest absolute Gasteiger partial charge is 0.276 e. The van der Waals surface area contributed by atoms with E-state index in [0.717, 1.165) is 24.9 Å². The van der Waals surface area contributed by atoms with Crippen LogP contribution < -0.4 is 0 Å². The summed E-state index contributed by atoms with van der Waals surface area (Å²) in [5.74, 6) is 0.878. The van der Waals surface area contributed by atoms with Crippen LogP contribution >= 0.6 is 11.6 Å². The predicted octanol–water partition coefficient (Wildman–Crippen LogP) is 3.88. The number of hydrogen-bond donors (Lipinski definition) is 0. The largest absolute Gasteiger partial charge is 0.381 e. The summed E-state index contributed by atoms with van der Waals surface area (Å²) in [4.78, 5) is 14.5. The van der Waals surface area contributed by atoms with E-state index in [1.54, 1.807) is 18.2 Å². The van der Waals surface area contributed by atoms with Gasteiger partial charge in [-0.1, -0.05) is 16.8 Å². The van der Waals surface area contributed by atoms with Crippen LogP contribution in [0.1, 0.15) is 30.3 Å². The lowest BCUT2D eigenvalue weighted by molar-refractivity contribution is 0.0493. The maximum absolute atomic E-state index is 12.7. The van der Waals surface area contributed by atoms with Crippen LogP contribution in [0.25, 0.3) is 11.3 Å². The van der Waals surface area contributed by atoms with Gasteiger partial charge in [0.05, 0.1) is 6.61 Å². The zero-order valence-corrected chi connectivity index (χ0v) is 14.5. The summed E-state index contributed by atoms with van der Waals surface area (Å²) in [7, 11) is 0. The van der Waals surface area contributed by atoms with Crippen LogP contribution in [0, 0.1) is 5.92 Å². The highest BCUT2D eigenvalue weighted by Gasteiger charge is 2.26. The molecule has 5 nitrogen and oxygen atoms in total. The average Bonchev–Trinajstić information content (AvgIpc) is 3.10. The van der Waals surface area contributed by atoms with E-state index in [0.29, 0.717) is 42.2 Å². The molecule has 3 rings (SSSR count). The molecule has 1 unspecified atom stereocenters. The molecule has 1 fully saturated rings. The van der Waals surface area contributed by atoms with Gasteiger partial charge in [0.2, 0.25) is 0 Å².